The third kappa shape index (κ3) is 4.73. The lowest BCUT2D eigenvalue weighted by molar-refractivity contribution is 0.0498. The van der Waals surface area contributed by atoms with Crippen molar-refractivity contribution in [2.24, 2.45) is 24.6 Å². The van der Waals surface area contributed by atoms with E-state index in [9.17, 15) is 4.79 Å². The molecule has 0 aromatic carbocycles. The van der Waals surface area contributed by atoms with Crippen molar-refractivity contribution < 1.29 is 9.53 Å². The molecule has 1 fully saturated rings. The SMILES string of the molecule is CC(C)C1C=CC(CCOC(=O)c2ccc([C@H]3CC[C@@](C)(N)C3)n2C)=CC1. The maximum Gasteiger partial charge on any atom is 0.354 e. The molecule has 1 aromatic rings. The van der Waals surface area contributed by atoms with Crippen molar-refractivity contribution in [3.63, 3.8) is 0 Å². The Hall–Kier alpha value is -1.81. The molecule has 4 nitrogen and oxygen atoms in total. The summed E-state index contributed by atoms with van der Waals surface area (Å²) < 4.78 is 7.53. The number of nitrogens with two attached hydrogens (primary N) is 1. The van der Waals surface area contributed by atoms with E-state index in [-0.39, 0.29) is 11.5 Å². The second kappa shape index (κ2) is 8.05. The Bertz CT molecular complexity index is 740. The van der Waals surface area contributed by atoms with E-state index in [1.165, 1.54) is 11.3 Å². The summed E-state index contributed by atoms with van der Waals surface area (Å²) in [7, 11) is 1.95. The maximum atomic E-state index is 12.5. The standard InChI is InChI=1S/C23H34N2O2/c1-16(2)18-7-5-17(6-8-18)12-14-27-22(26)21-10-9-20(25(21)4)19-11-13-23(3,24)15-19/h5-7,9-10,16,18-19H,8,11-15,24H2,1-4H3/t18?,19-,23+/m0/s1. The summed E-state index contributed by atoms with van der Waals surface area (Å²) >= 11 is 0. The van der Waals surface area contributed by atoms with Crippen molar-refractivity contribution in [2.45, 2.75) is 64.3 Å². The lowest BCUT2D eigenvalue weighted by Gasteiger charge is -2.19. The molecular formula is C23H34N2O2. The van der Waals surface area contributed by atoms with Gasteiger partial charge in [-0.3, -0.25) is 0 Å². The van der Waals surface area contributed by atoms with Crippen molar-refractivity contribution in [3.05, 3.63) is 47.3 Å². The van der Waals surface area contributed by atoms with Gasteiger partial charge in [0, 0.05) is 30.6 Å². The Balaban J connectivity index is 1.52. The van der Waals surface area contributed by atoms with Gasteiger partial charge in [-0.25, -0.2) is 4.79 Å². The van der Waals surface area contributed by atoms with Crippen LogP contribution in [0.2, 0.25) is 0 Å². The third-order valence-corrected chi connectivity index (χ3v) is 6.25. The van der Waals surface area contributed by atoms with Crippen LogP contribution in [0.1, 0.15) is 75.0 Å². The van der Waals surface area contributed by atoms with Crippen molar-refractivity contribution in [1.82, 2.24) is 4.57 Å². The van der Waals surface area contributed by atoms with Gasteiger partial charge in [-0.1, -0.05) is 32.1 Å². The van der Waals surface area contributed by atoms with Crippen LogP contribution in [0.15, 0.2) is 35.9 Å². The fourth-order valence-corrected chi connectivity index (χ4v) is 4.36. The predicted molar refractivity (Wildman–Crippen MR) is 110 cm³/mol. The summed E-state index contributed by atoms with van der Waals surface area (Å²) in [6, 6.07) is 3.94. The summed E-state index contributed by atoms with van der Waals surface area (Å²) in [5, 5.41) is 0. The molecule has 148 valence electrons. The van der Waals surface area contributed by atoms with Crippen LogP contribution >= 0.6 is 0 Å². The molecule has 0 bridgehead atoms. The Morgan fingerprint density at radius 1 is 1.41 bits per heavy atom. The van der Waals surface area contributed by atoms with Gasteiger partial charge in [-0.2, -0.15) is 0 Å². The summed E-state index contributed by atoms with van der Waals surface area (Å²) in [4.78, 5) is 12.5. The highest BCUT2D eigenvalue weighted by Gasteiger charge is 2.34. The lowest BCUT2D eigenvalue weighted by Crippen LogP contribution is -2.32. The molecule has 0 aliphatic heterocycles. The predicted octanol–water partition coefficient (Wildman–Crippen LogP) is 4.72. The van der Waals surface area contributed by atoms with Gasteiger partial charge >= 0.3 is 5.97 Å². The number of ether oxygens (including phenoxy) is 1. The first-order chi connectivity index (χ1) is 12.8. The van der Waals surface area contributed by atoms with Gasteiger partial charge in [0.15, 0.2) is 0 Å². The topological polar surface area (TPSA) is 57.2 Å². The van der Waals surface area contributed by atoms with Gasteiger partial charge in [0.1, 0.15) is 5.69 Å². The van der Waals surface area contributed by atoms with Gasteiger partial charge in [0.25, 0.3) is 0 Å². The minimum atomic E-state index is -0.238. The monoisotopic (exact) mass is 370 g/mol. The highest BCUT2D eigenvalue weighted by molar-refractivity contribution is 5.88. The maximum absolute atomic E-state index is 12.5. The first-order valence-corrected chi connectivity index (χ1v) is 10.3. The minimum Gasteiger partial charge on any atom is -0.461 e. The molecule has 4 heteroatoms. The van der Waals surface area contributed by atoms with E-state index in [2.05, 4.69) is 45.1 Å². The van der Waals surface area contributed by atoms with Gasteiger partial charge in [0.2, 0.25) is 0 Å². The minimum absolute atomic E-state index is 0.0918. The number of hydrogen-bond acceptors (Lipinski definition) is 3. The molecule has 3 rings (SSSR count). The number of carbonyl (C=O) groups is 1. The van der Waals surface area contributed by atoms with Crippen LogP contribution in [0.4, 0.5) is 0 Å². The van der Waals surface area contributed by atoms with Crippen LogP contribution in [0.3, 0.4) is 0 Å². The van der Waals surface area contributed by atoms with Crippen molar-refractivity contribution >= 4 is 5.97 Å². The molecule has 1 unspecified atom stereocenters. The Morgan fingerprint density at radius 3 is 2.78 bits per heavy atom. The first kappa shape index (κ1) is 19.9. The molecule has 1 heterocycles. The number of nitrogens with zero attached hydrogens (tertiary/aromatic N) is 1. The third-order valence-electron chi connectivity index (χ3n) is 6.25. The average Bonchev–Trinajstić information content (AvgIpc) is 3.17. The van der Waals surface area contributed by atoms with Gasteiger partial charge in [-0.05, 0) is 62.1 Å². The fraction of sp³-hybridized carbons (Fsp3) is 0.609. The summed E-state index contributed by atoms with van der Waals surface area (Å²) in [6.07, 6.45) is 11.7. The summed E-state index contributed by atoms with van der Waals surface area (Å²) in [6.45, 7) is 7.04. The number of aromatic nitrogens is 1. The average molecular weight is 371 g/mol. The van der Waals surface area contributed by atoms with E-state index >= 15 is 0 Å². The van der Waals surface area contributed by atoms with Gasteiger partial charge in [-0.15, -0.1) is 0 Å². The Morgan fingerprint density at radius 2 is 2.19 bits per heavy atom. The molecule has 0 amide bonds. The quantitative estimate of drug-likeness (QED) is 0.738. The van der Waals surface area contributed by atoms with E-state index in [0.29, 0.717) is 30.1 Å². The molecular weight excluding hydrogens is 336 g/mol. The van der Waals surface area contributed by atoms with Crippen LogP contribution in [0.25, 0.3) is 0 Å². The second-order valence-corrected chi connectivity index (χ2v) is 8.96. The van der Waals surface area contributed by atoms with Crippen LogP contribution in [0.5, 0.6) is 0 Å². The first-order valence-electron chi connectivity index (χ1n) is 10.3. The van der Waals surface area contributed by atoms with Crippen molar-refractivity contribution in [1.29, 1.82) is 0 Å². The van der Waals surface area contributed by atoms with E-state index in [0.717, 1.165) is 32.1 Å². The smallest absolute Gasteiger partial charge is 0.354 e. The molecule has 0 spiro atoms. The lowest BCUT2D eigenvalue weighted by atomic mass is 9.87. The van der Waals surface area contributed by atoms with Crippen LogP contribution < -0.4 is 5.73 Å². The number of allylic oxidation sites excluding steroid dienone is 3. The number of rotatable bonds is 6. The molecule has 3 atom stereocenters. The van der Waals surface area contributed by atoms with Crippen LogP contribution in [-0.4, -0.2) is 22.7 Å². The molecule has 2 aliphatic carbocycles. The highest BCUT2D eigenvalue weighted by Crippen LogP contribution is 2.39. The van der Waals surface area contributed by atoms with Crippen molar-refractivity contribution in [2.75, 3.05) is 6.61 Å². The zero-order valence-electron chi connectivity index (χ0n) is 17.2. The van der Waals surface area contributed by atoms with Crippen molar-refractivity contribution in [3.8, 4) is 0 Å². The normalized spacial score (nSPS) is 27.9. The molecule has 0 radical (unpaired) electrons. The molecule has 2 N–H and O–H groups in total. The number of hydrogen-bond donors (Lipinski definition) is 1. The summed E-state index contributed by atoms with van der Waals surface area (Å²) in [5.41, 5.74) is 9.26. The number of carbonyl (C=O) groups excluding carboxylic acids is 1. The van der Waals surface area contributed by atoms with Crippen LogP contribution in [0, 0.1) is 11.8 Å². The van der Waals surface area contributed by atoms with E-state index in [4.69, 9.17) is 10.5 Å². The summed E-state index contributed by atoms with van der Waals surface area (Å²) in [5.74, 6) is 1.49. The highest BCUT2D eigenvalue weighted by atomic mass is 16.5. The van der Waals surface area contributed by atoms with E-state index < -0.39 is 0 Å². The molecule has 2 aliphatic rings. The largest absolute Gasteiger partial charge is 0.461 e. The van der Waals surface area contributed by atoms with E-state index in [1.54, 1.807) is 0 Å². The zero-order valence-corrected chi connectivity index (χ0v) is 17.2. The van der Waals surface area contributed by atoms with Gasteiger partial charge < -0.3 is 15.0 Å². The second-order valence-electron chi connectivity index (χ2n) is 8.96. The molecule has 1 aromatic heterocycles. The van der Waals surface area contributed by atoms with Gasteiger partial charge in [0.05, 0.1) is 6.61 Å². The fourth-order valence-electron chi connectivity index (χ4n) is 4.36. The van der Waals surface area contributed by atoms with Crippen LogP contribution in [-0.2, 0) is 11.8 Å². The van der Waals surface area contributed by atoms with E-state index in [1.807, 2.05) is 17.7 Å². The Labute approximate surface area is 163 Å². The molecule has 27 heavy (non-hydrogen) atoms. The molecule has 0 saturated heterocycles. The Kier molecular flexibility index (Phi) is 5.95. The molecule has 1 saturated carbocycles. The zero-order chi connectivity index (χ0) is 19.6. The number of esters is 1.